The van der Waals surface area contributed by atoms with Crippen molar-refractivity contribution in [3.63, 3.8) is 0 Å². The second kappa shape index (κ2) is 52.4. The van der Waals surface area contributed by atoms with Crippen LogP contribution in [0, 0.1) is 0 Å². The molecule has 1 aliphatic heterocycles. The normalized spacial score (nSPS) is 18.0. The summed E-state index contributed by atoms with van der Waals surface area (Å²) in [5.74, 6) is -3.07. The summed E-state index contributed by atoms with van der Waals surface area (Å²) in [7, 11) is 0. The quantitative estimate of drug-likeness (QED) is 0.0299. The van der Waals surface area contributed by atoms with E-state index in [1.165, 1.54) is 212 Å². The molecule has 1 fully saturated rings. The van der Waals surface area contributed by atoms with Gasteiger partial charge in [0.1, 0.15) is 18.8 Å². The first-order valence-corrected chi connectivity index (χ1v) is 32.0. The van der Waals surface area contributed by atoms with Gasteiger partial charge in [0, 0.05) is 19.3 Å². The number of ether oxygens (including phenoxy) is 5. The first-order chi connectivity index (χ1) is 36.6. The van der Waals surface area contributed by atoms with Crippen molar-refractivity contribution >= 4 is 23.9 Å². The molecule has 0 aromatic rings. The number of aliphatic hydroxyl groups is 2. The van der Waals surface area contributed by atoms with Crippen LogP contribution >= 0.6 is 0 Å². The lowest BCUT2D eigenvalue weighted by Gasteiger charge is -2.40. The monoisotopic (exact) mass is 1070 g/mol. The van der Waals surface area contributed by atoms with Crippen LogP contribution in [0.25, 0.3) is 0 Å². The van der Waals surface area contributed by atoms with Crippen molar-refractivity contribution in [1.29, 1.82) is 0 Å². The first kappa shape index (κ1) is 70.7. The molecule has 75 heavy (non-hydrogen) atoms. The molecular weight excluding hydrogens is 949 g/mol. The molecule has 6 atom stereocenters. The van der Waals surface area contributed by atoms with Crippen molar-refractivity contribution in [2.24, 2.45) is 0 Å². The Hall–Kier alpha value is -2.28. The number of carbonyl (C=O) groups excluding carboxylic acids is 3. The van der Waals surface area contributed by atoms with Crippen molar-refractivity contribution in [2.75, 3.05) is 13.2 Å². The second-order valence-electron chi connectivity index (χ2n) is 22.4. The Kier molecular flexibility index (Phi) is 49.4. The number of hydrogen-bond donors (Lipinski definition) is 3. The van der Waals surface area contributed by atoms with Gasteiger partial charge < -0.3 is 39.0 Å². The van der Waals surface area contributed by atoms with Crippen LogP contribution in [0.15, 0.2) is 0 Å². The largest absolute Gasteiger partial charge is 0.479 e. The van der Waals surface area contributed by atoms with Gasteiger partial charge in [-0.05, 0) is 19.3 Å². The number of carboxylic acid groups (broad SMARTS) is 1. The lowest BCUT2D eigenvalue weighted by molar-refractivity contribution is -0.301. The van der Waals surface area contributed by atoms with Gasteiger partial charge in [-0.3, -0.25) is 14.4 Å². The third-order valence-electron chi connectivity index (χ3n) is 15.2. The fraction of sp³-hybridized carbons (Fsp3) is 0.937. The summed E-state index contributed by atoms with van der Waals surface area (Å²) in [4.78, 5) is 51.2. The lowest BCUT2D eigenvalue weighted by atomic mass is 9.98. The minimum absolute atomic E-state index is 0.0711. The molecule has 0 aliphatic carbocycles. The molecule has 12 nitrogen and oxygen atoms in total. The molecule has 0 aromatic heterocycles. The molecule has 0 saturated carbocycles. The van der Waals surface area contributed by atoms with E-state index >= 15 is 0 Å². The van der Waals surface area contributed by atoms with E-state index in [2.05, 4.69) is 20.8 Å². The smallest absolute Gasteiger partial charge is 0.335 e. The fourth-order valence-electron chi connectivity index (χ4n) is 10.3. The maximum absolute atomic E-state index is 13.1. The summed E-state index contributed by atoms with van der Waals surface area (Å²) < 4.78 is 28.5. The summed E-state index contributed by atoms with van der Waals surface area (Å²) in [5.41, 5.74) is 0. The number of carboxylic acids is 1. The molecule has 1 saturated heterocycles. The van der Waals surface area contributed by atoms with Crippen molar-refractivity contribution in [1.82, 2.24) is 0 Å². The maximum Gasteiger partial charge on any atom is 0.335 e. The van der Waals surface area contributed by atoms with E-state index in [4.69, 9.17) is 23.7 Å². The van der Waals surface area contributed by atoms with Crippen molar-refractivity contribution in [3.8, 4) is 0 Å². The van der Waals surface area contributed by atoms with E-state index < -0.39 is 67.3 Å². The van der Waals surface area contributed by atoms with Gasteiger partial charge in [-0.1, -0.05) is 290 Å². The highest BCUT2D eigenvalue weighted by atomic mass is 16.7. The topological polar surface area (TPSA) is 175 Å². The third-order valence-corrected chi connectivity index (χ3v) is 15.2. The van der Waals surface area contributed by atoms with E-state index in [-0.39, 0.29) is 25.9 Å². The Morgan fingerprint density at radius 2 is 0.680 bits per heavy atom. The molecular formula is C63H118O12. The van der Waals surface area contributed by atoms with Crippen LogP contribution in [0.2, 0.25) is 0 Å². The average Bonchev–Trinajstić information content (AvgIpc) is 3.39. The molecule has 0 amide bonds. The highest BCUT2D eigenvalue weighted by Gasteiger charge is 2.50. The van der Waals surface area contributed by atoms with Gasteiger partial charge >= 0.3 is 23.9 Å². The van der Waals surface area contributed by atoms with Gasteiger partial charge in [-0.15, -0.1) is 0 Å². The van der Waals surface area contributed by atoms with Crippen molar-refractivity contribution < 1.29 is 58.2 Å². The molecule has 0 bridgehead atoms. The molecule has 12 heteroatoms. The number of rotatable bonds is 56. The predicted molar refractivity (Wildman–Crippen MR) is 304 cm³/mol. The van der Waals surface area contributed by atoms with E-state index in [1.54, 1.807) is 0 Å². The summed E-state index contributed by atoms with van der Waals surface area (Å²) in [6.45, 7) is 6.05. The fourth-order valence-corrected chi connectivity index (χ4v) is 10.3. The van der Waals surface area contributed by atoms with Crippen LogP contribution in [-0.4, -0.2) is 89.2 Å². The first-order valence-electron chi connectivity index (χ1n) is 32.0. The number of aliphatic hydroxyl groups excluding tert-OH is 2. The Morgan fingerprint density at radius 1 is 0.387 bits per heavy atom. The summed E-state index contributed by atoms with van der Waals surface area (Å²) in [6.07, 6.45) is 45.0. The third kappa shape index (κ3) is 42.4. The number of aliphatic carboxylic acids is 1. The standard InChI is InChI=1S/C63H118O12/c1-4-7-10-13-16-19-22-24-26-28-30-32-35-37-40-43-46-49-55(64)71-52-54(73-56(65)50-47-44-41-38-34-21-18-15-12-9-6-3)53-72-63-61(59(68)58(67)60(75-63)62(69)70)74-57(66)51-48-45-42-39-36-33-31-29-27-25-23-20-17-14-11-8-5-2/h54,58-61,63,67-68H,4-53H2,1-3H3,(H,69,70). The van der Waals surface area contributed by atoms with Gasteiger partial charge in [0.15, 0.2) is 24.6 Å². The summed E-state index contributed by atoms with van der Waals surface area (Å²) in [5, 5.41) is 31.5. The molecule has 0 spiro atoms. The van der Waals surface area contributed by atoms with Crippen molar-refractivity contribution in [3.05, 3.63) is 0 Å². The van der Waals surface area contributed by atoms with Crippen LogP contribution in [0.4, 0.5) is 0 Å². The van der Waals surface area contributed by atoms with E-state index in [0.29, 0.717) is 19.3 Å². The molecule has 3 N–H and O–H groups in total. The van der Waals surface area contributed by atoms with Crippen molar-refractivity contribution in [2.45, 2.75) is 366 Å². The van der Waals surface area contributed by atoms with E-state index in [1.807, 2.05) is 0 Å². The molecule has 0 aromatic carbocycles. The number of esters is 3. The number of hydrogen-bond acceptors (Lipinski definition) is 11. The van der Waals surface area contributed by atoms with E-state index in [0.717, 1.165) is 57.8 Å². The van der Waals surface area contributed by atoms with Crippen LogP contribution < -0.4 is 0 Å². The minimum atomic E-state index is -1.89. The van der Waals surface area contributed by atoms with E-state index in [9.17, 15) is 34.5 Å². The Bertz CT molecular complexity index is 1310. The summed E-state index contributed by atoms with van der Waals surface area (Å²) >= 11 is 0. The second-order valence-corrected chi connectivity index (χ2v) is 22.4. The highest BCUT2D eigenvalue weighted by molar-refractivity contribution is 5.74. The minimum Gasteiger partial charge on any atom is -0.479 e. The molecule has 1 heterocycles. The molecule has 1 rings (SSSR count). The van der Waals surface area contributed by atoms with Gasteiger partial charge in [-0.25, -0.2) is 4.79 Å². The molecule has 1 aliphatic rings. The van der Waals surface area contributed by atoms with Crippen LogP contribution in [-0.2, 0) is 42.9 Å². The molecule has 442 valence electrons. The number of unbranched alkanes of at least 4 members (excludes halogenated alkanes) is 42. The zero-order chi connectivity index (χ0) is 54.7. The highest BCUT2D eigenvalue weighted by Crippen LogP contribution is 2.27. The average molecular weight is 1070 g/mol. The molecule has 6 unspecified atom stereocenters. The van der Waals surface area contributed by atoms with Crippen LogP contribution in [0.1, 0.15) is 329 Å². The van der Waals surface area contributed by atoms with Crippen LogP contribution in [0.5, 0.6) is 0 Å². The predicted octanol–water partition coefficient (Wildman–Crippen LogP) is 16.7. The van der Waals surface area contributed by atoms with Gasteiger partial charge in [-0.2, -0.15) is 0 Å². The van der Waals surface area contributed by atoms with Gasteiger partial charge in [0.05, 0.1) is 6.61 Å². The zero-order valence-electron chi connectivity index (χ0n) is 48.8. The Labute approximate surface area is 459 Å². The van der Waals surface area contributed by atoms with Crippen LogP contribution in [0.3, 0.4) is 0 Å². The number of carbonyl (C=O) groups is 4. The maximum atomic E-state index is 13.1. The van der Waals surface area contributed by atoms with Gasteiger partial charge in [0.25, 0.3) is 0 Å². The molecule has 0 radical (unpaired) electrons. The van der Waals surface area contributed by atoms with Gasteiger partial charge in [0.2, 0.25) is 0 Å². The zero-order valence-corrected chi connectivity index (χ0v) is 48.8. The summed E-state index contributed by atoms with van der Waals surface area (Å²) in [6, 6.07) is 0. The SMILES string of the molecule is CCCCCCCCCCCCCCCCCCCC(=O)OCC(COC1OC(C(=O)O)C(O)C(O)C1OC(=O)CCCCCCCCCCCCCCCCCCC)OC(=O)CCCCCCCCCCCCC. The lowest BCUT2D eigenvalue weighted by Crippen LogP contribution is -2.61. The Balaban J connectivity index is 2.60. The Morgan fingerprint density at radius 3 is 1.00 bits per heavy atom.